The Kier molecular flexibility index (Phi) is 5.45. The molecule has 0 bridgehead atoms. The Hall–Kier alpha value is -0.120. The van der Waals surface area contributed by atoms with Crippen LogP contribution in [0.4, 0.5) is 0 Å². The third kappa shape index (κ3) is 4.94. The normalized spacial score (nSPS) is 28.3. The van der Waals surface area contributed by atoms with Gasteiger partial charge >= 0.3 is 0 Å². The Morgan fingerprint density at radius 3 is 2.50 bits per heavy atom. The lowest BCUT2D eigenvalue weighted by atomic mass is 10.1. The fraction of sp³-hybridized carbons (Fsp3) is 1.00. The highest BCUT2D eigenvalue weighted by molar-refractivity contribution is 4.57. The van der Waals surface area contributed by atoms with E-state index in [4.69, 9.17) is 14.2 Å². The van der Waals surface area contributed by atoms with Gasteiger partial charge in [-0.25, -0.2) is 0 Å². The van der Waals surface area contributed by atoms with E-state index in [0.29, 0.717) is 18.4 Å². The van der Waals surface area contributed by atoms with Crippen molar-refractivity contribution in [1.82, 2.24) is 0 Å². The maximum absolute atomic E-state index is 5.47. The van der Waals surface area contributed by atoms with Crippen molar-refractivity contribution in [2.24, 2.45) is 11.8 Å². The highest BCUT2D eigenvalue weighted by Crippen LogP contribution is 2.10. The first-order valence-electron chi connectivity index (χ1n) is 5.49. The zero-order chi connectivity index (χ0) is 10.4. The molecule has 1 aliphatic heterocycles. The van der Waals surface area contributed by atoms with Crippen LogP contribution in [0, 0.1) is 11.8 Å². The highest BCUT2D eigenvalue weighted by atomic mass is 16.7. The Bertz CT molecular complexity index is 139. The maximum Gasteiger partial charge on any atom is 0.180 e. The monoisotopic (exact) mass is 202 g/mol. The molecule has 1 heterocycles. The summed E-state index contributed by atoms with van der Waals surface area (Å²) in [5.74, 6) is 1.21. The van der Waals surface area contributed by atoms with E-state index < -0.39 is 0 Å². The van der Waals surface area contributed by atoms with Crippen molar-refractivity contribution >= 4 is 0 Å². The van der Waals surface area contributed by atoms with Gasteiger partial charge in [-0.2, -0.15) is 0 Å². The predicted octanol–water partition coefficient (Wildman–Crippen LogP) is 2.06. The van der Waals surface area contributed by atoms with Gasteiger partial charge in [-0.05, 0) is 12.3 Å². The Morgan fingerprint density at radius 1 is 1.29 bits per heavy atom. The topological polar surface area (TPSA) is 27.7 Å². The summed E-state index contributed by atoms with van der Waals surface area (Å²) in [7, 11) is 0. The van der Waals surface area contributed by atoms with Gasteiger partial charge in [-0.3, -0.25) is 0 Å². The molecule has 0 aromatic rings. The Morgan fingerprint density at radius 2 is 1.93 bits per heavy atom. The molecule has 3 nitrogen and oxygen atoms in total. The molecule has 0 atom stereocenters. The average molecular weight is 202 g/mol. The lowest BCUT2D eigenvalue weighted by molar-refractivity contribution is -0.219. The molecule has 84 valence electrons. The van der Waals surface area contributed by atoms with E-state index in [2.05, 4.69) is 20.8 Å². The van der Waals surface area contributed by atoms with E-state index in [1.807, 2.05) is 0 Å². The van der Waals surface area contributed by atoms with Crippen LogP contribution in [-0.4, -0.2) is 32.7 Å². The van der Waals surface area contributed by atoms with Crippen molar-refractivity contribution in [3.8, 4) is 0 Å². The molecular formula is C11H22O3. The largest absolute Gasteiger partial charge is 0.376 e. The van der Waals surface area contributed by atoms with Crippen molar-refractivity contribution in [2.75, 3.05) is 26.4 Å². The third-order valence-corrected chi connectivity index (χ3v) is 2.23. The first-order valence-corrected chi connectivity index (χ1v) is 5.49. The van der Waals surface area contributed by atoms with Crippen molar-refractivity contribution in [1.29, 1.82) is 0 Å². The minimum absolute atomic E-state index is 0.140. The lowest BCUT2D eigenvalue weighted by Gasteiger charge is -2.27. The quantitative estimate of drug-likeness (QED) is 0.639. The molecular weight excluding hydrogens is 180 g/mol. The van der Waals surface area contributed by atoms with Crippen LogP contribution >= 0.6 is 0 Å². The molecule has 0 N–H and O–H groups in total. The first-order chi connectivity index (χ1) is 6.68. The Balaban J connectivity index is 1.96. The summed E-state index contributed by atoms with van der Waals surface area (Å²) in [5.41, 5.74) is 0. The van der Waals surface area contributed by atoms with Gasteiger partial charge in [0.15, 0.2) is 6.29 Å². The average Bonchev–Trinajstić information content (AvgIpc) is 2.15. The van der Waals surface area contributed by atoms with Gasteiger partial charge in [0, 0.05) is 12.5 Å². The molecule has 0 spiro atoms. The smallest absolute Gasteiger partial charge is 0.180 e. The zero-order valence-electron chi connectivity index (χ0n) is 9.49. The van der Waals surface area contributed by atoms with E-state index >= 15 is 0 Å². The number of hydrogen-bond donors (Lipinski definition) is 0. The summed E-state index contributed by atoms with van der Waals surface area (Å²) in [5, 5.41) is 0. The van der Waals surface area contributed by atoms with Crippen LogP contribution in [-0.2, 0) is 14.2 Å². The van der Waals surface area contributed by atoms with Crippen LogP contribution in [0.5, 0.6) is 0 Å². The molecule has 0 aliphatic carbocycles. The molecule has 0 saturated carbocycles. The van der Waals surface area contributed by atoms with E-state index in [1.54, 1.807) is 0 Å². The molecule has 0 unspecified atom stereocenters. The fourth-order valence-electron chi connectivity index (χ4n) is 1.23. The molecule has 1 aliphatic rings. The van der Waals surface area contributed by atoms with Crippen LogP contribution in [0.3, 0.4) is 0 Å². The van der Waals surface area contributed by atoms with E-state index in [0.717, 1.165) is 26.2 Å². The predicted molar refractivity (Wildman–Crippen MR) is 55.1 cm³/mol. The van der Waals surface area contributed by atoms with E-state index in [9.17, 15) is 0 Å². The molecule has 3 heteroatoms. The molecule has 1 rings (SSSR count). The minimum Gasteiger partial charge on any atom is -0.376 e. The molecule has 0 aromatic heterocycles. The summed E-state index contributed by atoms with van der Waals surface area (Å²) in [6.45, 7) is 9.46. The third-order valence-electron chi connectivity index (χ3n) is 2.23. The van der Waals surface area contributed by atoms with E-state index in [-0.39, 0.29) is 6.29 Å². The van der Waals surface area contributed by atoms with Gasteiger partial charge in [-0.15, -0.1) is 0 Å². The second kappa shape index (κ2) is 6.38. The molecule has 1 saturated heterocycles. The summed E-state index contributed by atoms with van der Waals surface area (Å²) in [6.07, 6.45) is 0.960. The van der Waals surface area contributed by atoms with Gasteiger partial charge < -0.3 is 14.2 Å². The molecule has 14 heavy (non-hydrogen) atoms. The zero-order valence-corrected chi connectivity index (χ0v) is 9.49. The van der Waals surface area contributed by atoms with Gasteiger partial charge in [0.1, 0.15) is 0 Å². The van der Waals surface area contributed by atoms with Crippen LogP contribution in [0.1, 0.15) is 27.2 Å². The minimum atomic E-state index is -0.140. The number of ether oxygens (including phenoxy) is 3. The van der Waals surface area contributed by atoms with E-state index in [1.165, 1.54) is 0 Å². The SMILES string of the molecule is CC(C)CCOCC1OCC(C)CO1. The van der Waals surface area contributed by atoms with Crippen LogP contribution < -0.4 is 0 Å². The van der Waals surface area contributed by atoms with Gasteiger partial charge in [0.2, 0.25) is 0 Å². The maximum atomic E-state index is 5.47. The fourth-order valence-corrected chi connectivity index (χ4v) is 1.23. The molecule has 0 aromatic carbocycles. The first kappa shape index (κ1) is 12.0. The van der Waals surface area contributed by atoms with Crippen LogP contribution in [0.15, 0.2) is 0 Å². The lowest BCUT2D eigenvalue weighted by Crippen LogP contribution is -2.33. The van der Waals surface area contributed by atoms with Crippen molar-refractivity contribution in [2.45, 2.75) is 33.5 Å². The van der Waals surface area contributed by atoms with Crippen molar-refractivity contribution in [3.05, 3.63) is 0 Å². The van der Waals surface area contributed by atoms with Crippen molar-refractivity contribution in [3.63, 3.8) is 0 Å². The Labute approximate surface area is 86.7 Å². The second-order valence-corrected chi connectivity index (χ2v) is 4.46. The molecule has 0 radical (unpaired) electrons. The summed E-state index contributed by atoms with van der Waals surface area (Å²) in [6, 6.07) is 0. The number of rotatable bonds is 5. The molecule has 1 fully saturated rings. The van der Waals surface area contributed by atoms with Gasteiger partial charge in [-0.1, -0.05) is 20.8 Å². The number of hydrogen-bond acceptors (Lipinski definition) is 3. The van der Waals surface area contributed by atoms with Crippen LogP contribution in [0.2, 0.25) is 0 Å². The van der Waals surface area contributed by atoms with Crippen LogP contribution in [0.25, 0.3) is 0 Å². The van der Waals surface area contributed by atoms with Gasteiger partial charge in [0.05, 0.1) is 19.8 Å². The van der Waals surface area contributed by atoms with Gasteiger partial charge in [0.25, 0.3) is 0 Å². The summed E-state index contributed by atoms with van der Waals surface area (Å²) >= 11 is 0. The van der Waals surface area contributed by atoms with Crippen molar-refractivity contribution < 1.29 is 14.2 Å². The second-order valence-electron chi connectivity index (χ2n) is 4.46. The molecule has 0 amide bonds. The standard InChI is InChI=1S/C11H22O3/c1-9(2)4-5-12-8-11-13-6-10(3)7-14-11/h9-11H,4-8H2,1-3H3. The highest BCUT2D eigenvalue weighted by Gasteiger charge is 2.18. The summed E-state index contributed by atoms with van der Waals surface area (Å²) < 4.78 is 16.4. The summed E-state index contributed by atoms with van der Waals surface area (Å²) in [4.78, 5) is 0.